The monoisotopic (exact) mass is 473 g/mol. The van der Waals surface area contributed by atoms with Crippen LogP contribution in [0.2, 0.25) is 5.02 Å². The van der Waals surface area contributed by atoms with Crippen LogP contribution >= 0.6 is 34.3 Å². The number of nitrogens with one attached hydrogen (secondary N) is 3. The number of thiazole rings is 2. The summed E-state index contributed by atoms with van der Waals surface area (Å²) < 4.78 is 6.39. The summed E-state index contributed by atoms with van der Waals surface area (Å²) in [4.78, 5) is 33.2. The number of fused-ring (bicyclic) bond motifs is 1. The second kappa shape index (κ2) is 9.29. The predicted molar refractivity (Wildman–Crippen MR) is 125 cm³/mol. The fraction of sp³-hybridized carbons (Fsp3) is 0.100. The first-order chi connectivity index (χ1) is 15.0. The number of hydrogen-bond acceptors (Lipinski definition) is 7. The molecule has 158 valence electrons. The molecule has 0 atom stereocenters. The molecule has 3 amide bonds. The van der Waals surface area contributed by atoms with Gasteiger partial charge >= 0.3 is 6.03 Å². The molecule has 0 spiro atoms. The van der Waals surface area contributed by atoms with Crippen LogP contribution in [0.15, 0.2) is 47.8 Å². The highest BCUT2D eigenvalue weighted by Gasteiger charge is 2.15. The van der Waals surface area contributed by atoms with Crippen molar-refractivity contribution < 1.29 is 14.3 Å². The Kier molecular flexibility index (Phi) is 6.31. The number of amides is 3. The van der Waals surface area contributed by atoms with E-state index in [2.05, 4.69) is 25.9 Å². The van der Waals surface area contributed by atoms with Crippen molar-refractivity contribution in [3.05, 3.63) is 58.6 Å². The normalized spacial score (nSPS) is 10.6. The summed E-state index contributed by atoms with van der Waals surface area (Å²) in [6.45, 7) is 2.49. The average Bonchev–Trinajstić information content (AvgIpc) is 3.36. The lowest BCUT2D eigenvalue weighted by atomic mass is 10.3. The van der Waals surface area contributed by atoms with Crippen LogP contribution in [-0.4, -0.2) is 28.5 Å². The SMILES string of the molecule is CCOc1ccc2nc(NC(=O)c3csc(NC(=O)Nc4ccc(Cl)cc4)n3)sc2c1. The number of carbonyl (C=O) groups excluding carboxylic acids is 2. The zero-order valence-corrected chi connectivity index (χ0v) is 18.5. The Bertz CT molecular complexity index is 1240. The molecule has 31 heavy (non-hydrogen) atoms. The maximum absolute atomic E-state index is 12.5. The first-order valence-corrected chi connectivity index (χ1v) is 11.2. The molecule has 0 fully saturated rings. The highest BCUT2D eigenvalue weighted by Crippen LogP contribution is 2.29. The lowest BCUT2D eigenvalue weighted by molar-refractivity contribution is 0.102. The van der Waals surface area contributed by atoms with Gasteiger partial charge in [0.05, 0.1) is 16.8 Å². The highest BCUT2D eigenvalue weighted by atomic mass is 35.5. The summed E-state index contributed by atoms with van der Waals surface area (Å²) in [5.74, 6) is 0.343. The molecule has 0 aliphatic heterocycles. The number of ether oxygens (including phenoxy) is 1. The van der Waals surface area contributed by atoms with Gasteiger partial charge in [0.2, 0.25) is 0 Å². The van der Waals surface area contributed by atoms with Crippen LogP contribution in [0.1, 0.15) is 17.4 Å². The maximum Gasteiger partial charge on any atom is 0.325 e. The van der Waals surface area contributed by atoms with E-state index in [9.17, 15) is 9.59 Å². The van der Waals surface area contributed by atoms with Gasteiger partial charge in [-0.3, -0.25) is 15.4 Å². The van der Waals surface area contributed by atoms with Crippen LogP contribution in [0.25, 0.3) is 10.2 Å². The van der Waals surface area contributed by atoms with Gasteiger partial charge in [0.1, 0.15) is 11.4 Å². The van der Waals surface area contributed by atoms with E-state index in [4.69, 9.17) is 16.3 Å². The summed E-state index contributed by atoms with van der Waals surface area (Å²) in [6, 6.07) is 11.8. The van der Waals surface area contributed by atoms with Crippen molar-refractivity contribution >= 4 is 72.4 Å². The first-order valence-electron chi connectivity index (χ1n) is 9.14. The number of benzene rings is 2. The number of halogens is 1. The Morgan fingerprint density at radius 2 is 1.84 bits per heavy atom. The van der Waals surface area contributed by atoms with Gasteiger partial charge in [-0.05, 0) is 49.4 Å². The van der Waals surface area contributed by atoms with Crippen LogP contribution < -0.4 is 20.7 Å². The fourth-order valence-corrected chi connectivity index (χ4v) is 4.31. The zero-order valence-electron chi connectivity index (χ0n) is 16.1. The molecule has 0 aliphatic carbocycles. The minimum atomic E-state index is -0.472. The van der Waals surface area contributed by atoms with Crippen molar-refractivity contribution in [2.75, 3.05) is 22.6 Å². The van der Waals surface area contributed by atoms with E-state index in [0.29, 0.717) is 27.6 Å². The smallest absolute Gasteiger partial charge is 0.325 e. The minimum Gasteiger partial charge on any atom is -0.494 e. The van der Waals surface area contributed by atoms with Crippen molar-refractivity contribution in [2.24, 2.45) is 0 Å². The van der Waals surface area contributed by atoms with Crippen molar-refractivity contribution in [3.8, 4) is 5.75 Å². The lowest BCUT2D eigenvalue weighted by Crippen LogP contribution is -2.19. The van der Waals surface area contributed by atoms with Crippen LogP contribution in [0, 0.1) is 0 Å². The highest BCUT2D eigenvalue weighted by molar-refractivity contribution is 7.22. The zero-order chi connectivity index (χ0) is 21.8. The van der Waals surface area contributed by atoms with Crippen LogP contribution in [0.3, 0.4) is 0 Å². The summed E-state index contributed by atoms with van der Waals surface area (Å²) in [5.41, 5.74) is 1.53. The molecule has 0 radical (unpaired) electrons. The Morgan fingerprint density at radius 1 is 1.03 bits per heavy atom. The molecule has 8 nitrogen and oxygen atoms in total. The van der Waals surface area contributed by atoms with Gasteiger partial charge in [-0.25, -0.2) is 14.8 Å². The van der Waals surface area contributed by atoms with Crippen molar-refractivity contribution in [1.82, 2.24) is 9.97 Å². The van der Waals surface area contributed by atoms with E-state index in [1.54, 1.807) is 29.6 Å². The van der Waals surface area contributed by atoms with E-state index in [1.807, 2.05) is 25.1 Å². The number of anilines is 3. The number of hydrogen-bond donors (Lipinski definition) is 3. The Labute approximate surface area is 190 Å². The van der Waals surface area contributed by atoms with Gasteiger partial charge in [-0.15, -0.1) is 11.3 Å². The van der Waals surface area contributed by atoms with Gasteiger partial charge < -0.3 is 10.1 Å². The molecular formula is C20H16ClN5O3S2. The van der Waals surface area contributed by atoms with E-state index >= 15 is 0 Å². The predicted octanol–water partition coefficient (Wildman–Crippen LogP) is 5.70. The molecule has 2 heterocycles. The molecule has 0 aliphatic rings. The van der Waals surface area contributed by atoms with E-state index < -0.39 is 11.9 Å². The van der Waals surface area contributed by atoms with Gasteiger partial charge in [0, 0.05) is 16.1 Å². The van der Waals surface area contributed by atoms with E-state index in [1.165, 1.54) is 11.3 Å². The molecule has 4 aromatic rings. The Hall–Kier alpha value is -3.21. The number of aromatic nitrogens is 2. The van der Waals surface area contributed by atoms with Crippen LogP contribution in [0.4, 0.5) is 20.7 Å². The molecule has 3 N–H and O–H groups in total. The maximum atomic E-state index is 12.5. The number of urea groups is 1. The first kappa shape index (κ1) is 21.0. The molecule has 0 saturated carbocycles. The Morgan fingerprint density at radius 3 is 2.61 bits per heavy atom. The second-order valence-corrected chi connectivity index (χ2v) is 8.48. The van der Waals surface area contributed by atoms with Gasteiger partial charge in [-0.2, -0.15) is 0 Å². The largest absolute Gasteiger partial charge is 0.494 e. The third kappa shape index (κ3) is 5.29. The molecule has 0 bridgehead atoms. The van der Waals surface area contributed by atoms with E-state index in [0.717, 1.165) is 27.3 Å². The molecule has 0 unspecified atom stereocenters. The quantitative estimate of drug-likeness (QED) is 0.333. The van der Waals surface area contributed by atoms with Gasteiger partial charge in [0.15, 0.2) is 10.3 Å². The molecule has 4 rings (SSSR count). The fourth-order valence-electron chi connectivity index (χ4n) is 2.60. The Balaban J connectivity index is 1.38. The van der Waals surface area contributed by atoms with Crippen molar-refractivity contribution in [1.29, 1.82) is 0 Å². The lowest BCUT2D eigenvalue weighted by Gasteiger charge is -2.05. The average molecular weight is 474 g/mol. The summed E-state index contributed by atoms with van der Waals surface area (Å²) in [7, 11) is 0. The molecule has 11 heteroatoms. The van der Waals surface area contributed by atoms with E-state index in [-0.39, 0.29) is 5.69 Å². The summed E-state index contributed by atoms with van der Waals surface area (Å²) in [5, 5.41) is 10.9. The minimum absolute atomic E-state index is 0.182. The number of carbonyl (C=O) groups is 2. The second-order valence-electron chi connectivity index (χ2n) is 6.16. The third-order valence-electron chi connectivity index (χ3n) is 3.95. The van der Waals surface area contributed by atoms with Crippen molar-refractivity contribution in [3.63, 3.8) is 0 Å². The molecule has 2 aromatic carbocycles. The summed E-state index contributed by atoms with van der Waals surface area (Å²) in [6.07, 6.45) is 0. The van der Waals surface area contributed by atoms with Gasteiger partial charge in [-0.1, -0.05) is 22.9 Å². The number of rotatable bonds is 6. The number of nitrogens with zero attached hydrogens (tertiary/aromatic N) is 2. The molecular weight excluding hydrogens is 458 g/mol. The topological polar surface area (TPSA) is 105 Å². The summed E-state index contributed by atoms with van der Waals surface area (Å²) >= 11 is 8.31. The van der Waals surface area contributed by atoms with Gasteiger partial charge in [0.25, 0.3) is 5.91 Å². The standard InChI is InChI=1S/C20H16ClN5O3S2/c1-2-29-13-7-8-14-16(9-13)31-20(23-14)25-17(27)15-10-30-19(24-15)26-18(28)22-12-5-3-11(21)4-6-12/h3-10H,2H2,1H3,(H,23,25,27)(H2,22,24,26,28). The third-order valence-corrected chi connectivity index (χ3v) is 5.89. The van der Waals surface area contributed by atoms with Crippen LogP contribution in [0.5, 0.6) is 5.75 Å². The molecule has 2 aromatic heterocycles. The van der Waals surface area contributed by atoms with Crippen molar-refractivity contribution in [2.45, 2.75) is 6.92 Å². The van der Waals surface area contributed by atoms with Crippen LogP contribution in [-0.2, 0) is 0 Å². The molecule has 0 saturated heterocycles.